The van der Waals surface area contributed by atoms with Gasteiger partial charge in [-0.25, -0.2) is 0 Å². The zero-order chi connectivity index (χ0) is 19.9. The molecule has 1 aliphatic heterocycles. The fourth-order valence-corrected chi connectivity index (χ4v) is 4.20. The van der Waals surface area contributed by atoms with Gasteiger partial charge in [0.1, 0.15) is 0 Å². The van der Waals surface area contributed by atoms with Crippen LogP contribution in [-0.4, -0.2) is 63.0 Å². The lowest BCUT2D eigenvalue weighted by molar-refractivity contribution is -0.125. The Balaban J connectivity index is 1.54. The average Bonchev–Trinajstić information content (AvgIpc) is 3.23. The minimum atomic E-state index is -0.0193. The predicted molar refractivity (Wildman–Crippen MR) is 113 cm³/mol. The van der Waals surface area contributed by atoms with Gasteiger partial charge in [0, 0.05) is 43.8 Å². The molecular weight excluding hydrogens is 352 g/mol. The largest absolute Gasteiger partial charge is 0.371 e. The molecule has 0 spiro atoms. The summed E-state index contributed by atoms with van der Waals surface area (Å²) < 4.78 is 0. The van der Waals surface area contributed by atoms with Crippen molar-refractivity contribution >= 4 is 17.5 Å². The SMILES string of the molecule is CN(C)CCNC(=O)c1ccccc1N1CCC(NC(=O)C2CCCC2)CC1. The normalized spacial score (nSPS) is 18.5. The van der Waals surface area contributed by atoms with E-state index in [2.05, 4.69) is 20.4 Å². The third-order valence-electron chi connectivity index (χ3n) is 5.90. The number of piperidine rings is 1. The van der Waals surface area contributed by atoms with Crippen molar-refractivity contribution in [1.82, 2.24) is 15.5 Å². The molecule has 2 amide bonds. The van der Waals surface area contributed by atoms with Crippen LogP contribution in [0.15, 0.2) is 24.3 Å². The first-order valence-electron chi connectivity index (χ1n) is 10.6. The van der Waals surface area contributed by atoms with Crippen molar-refractivity contribution in [2.75, 3.05) is 45.2 Å². The van der Waals surface area contributed by atoms with E-state index in [4.69, 9.17) is 0 Å². The molecule has 2 N–H and O–H groups in total. The maximum Gasteiger partial charge on any atom is 0.253 e. The molecule has 1 aromatic rings. The van der Waals surface area contributed by atoms with Crippen LogP contribution in [-0.2, 0) is 4.79 Å². The average molecular weight is 387 g/mol. The molecule has 0 unspecified atom stereocenters. The first-order chi connectivity index (χ1) is 13.5. The van der Waals surface area contributed by atoms with Crippen molar-refractivity contribution in [2.45, 2.75) is 44.6 Å². The lowest BCUT2D eigenvalue weighted by Gasteiger charge is -2.35. The number of hydrogen-bond donors (Lipinski definition) is 2. The molecule has 1 saturated carbocycles. The van der Waals surface area contributed by atoms with Crippen molar-refractivity contribution in [2.24, 2.45) is 5.92 Å². The van der Waals surface area contributed by atoms with Gasteiger partial charge in [-0.15, -0.1) is 0 Å². The van der Waals surface area contributed by atoms with Gasteiger partial charge < -0.3 is 20.4 Å². The van der Waals surface area contributed by atoms with Crippen LogP contribution in [0.5, 0.6) is 0 Å². The Labute approximate surface area is 168 Å². The van der Waals surface area contributed by atoms with Crippen LogP contribution in [0, 0.1) is 5.92 Å². The topological polar surface area (TPSA) is 64.7 Å². The van der Waals surface area contributed by atoms with E-state index in [-0.39, 0.29) is 23.8 Å². The van der Waals surface area contributed by atoms with Crippen LogP contribution in [0.1, 0.15) is 48.9 Å². The second-order valence-corrected chi connectivity index (χ2v) is 8.33. The summed E-state index contributed by atoms with van der Waals surface area (Å²) >= 11 is 0. The summed E-state index contributed by atoms with van der Waals surface area (Å²) in [4.78, 5) is 29.3. The van der Waals surface area contributed by atoms with Gasteiger partial charge in [0.25, 0.3) is 5.91 Å². The molecule has 0 atom stereocenters. The highest BCUT2D eigenvalue weighted by atomic mass is 16.2. The van der Waals surface area contributed by atoms with Gasteiger partial charge in [-0.05, 0) is 51.9 Å². The molecule has 3 rings (SSSR count). The number of anilines is 1. The van der Waals surface area contributed by atoms with E-state index in [0.29, 0.717) is 6.54 Å². The van der Waals surface area contributed by atoms with Crippen molar-refractivity contribution in [3.8, 4) is 0 Å². The summed E-state index contributed by atoms with van der Waals surface area (Å²) in [7, 11) is 3.99. The van der Waals surface area contributed by atoms with Gasteiger partial charge in [0.15, 0.2) is 0 Å². The summed E-state index contributed by atoms with van der Waals surface area (Å²) in [6.07, 6.45) is 6.31. The van der Waals surface area contributed by atoms with Crippen LogP contribution in [0.4, 0.5) is 5.69 Å². The highest BCUT2D eigenvalue weighted by Gasteiger charge is 2.27. The number of rotatable bonds is 7. The minimum absolute atomic E-state index is 0.0193. The number of para-hydroxylation sites is 1. The molecule has 2 fully saturated rings. The number of likely N-dealkylation sites (N-methyl/N-ethyl adjacent to an activating group) is 1. The van der Waals surface area contributed by atoms with Crippen LogP contribution in [0.25, 0.3) is 0 Å². The predicted octanol–water partition coefficient (Wildman–Crippen LogP) is 2.25. The first-order valence-corrected chi connectivity index (χ1v) is 10.6. The van der Waals surface area contributed by atoms with Crippen molar-refractivity contribution in [1.29, 1.82) is 0 Å². The Kier molecular flexibility index (Phi) is 7.31. The minimum Gasteiger partial charge on any atom is -0.371 e. The molecule has 1 heterocycles. The quantitative estimate of drug-likeness (QED) is 0.754. The first kappa shape index (κ1) is 20.6. The van der Waals surface area contributed by atoms with Gasteiger partial charge >= 0.3 is 0 Å². The van der Waals surface area contributed by atoms with Crippen LogP contribution in [0.3, 0.4) is 0 Å². The Morgan fingerprint density at radius 2 is 1.75 bits per heavy atom. The smallest absolute Gasteiger partial charge is 0.253 e. The van der Waals surface area contributed by atoms with Crippen LogP contribution >= 0.6 is 0 Å². The van der Waals surface area contributed by atoms with E-state index in [1.54, 1.807) is 0 Å². The molecule has 154 valence electrons. The standard InChI is InChI=1S/C22H34N4O2/c1-25(2)16-13-23-22(28)19-9-5-6-10-20(19)26-14-11-18(12-15-26)24-21(27)17-7-3-4-8-17/h5-6,9-10,17-18H,3-4,7-8,11-16H2,1-2H3,(H,23,28)(H,24,27). The molecule has 1 aromatic carbocycles. The van der Waals surface area contributed by atoms with E-state index < -0.39 is 0 Å². The number of carbonyl (C=O) groups excluding carboxylic acids is 2. The zero-order valence-electron chi connectivity index (χ0n) is 17.2. The molecular formula is C22H34N4O2. The summed E-state index contributed by atoms with van der Waals surface area (Å²) in [5.74, 6) is 0.454. The third kappa shape index (κ3) is 5.47. The Bertz CT molecular complexity index is 662. The van der Waals surface area contributed by atoms with E-state index >= 15 is 0 Å². The number of hydrogen-bond acceptors (Lipinski definition) is 4. The highest BCUT2D eigenvalue weighted by molar-refractivity contribution is 5.99. The summed E-state index contributed by atoms with van der Waals surface area (Å²) in [6, 6.07) is 8.08. The Morgan fingerprint density at radius 3 is 2.43 bits per heavy atom. The lowest BCUT2D eigenvalue weighted by atomic mass is 10.0. The van der Waals surface area contributed by atoms with Crippen molar-refractivity contribution < 1.29 is 9.59 Å². The maximum absolute atomic E-state index is 12.6. The van der Waals surface area contributed by atoms with Gasteiger partial charge in [-0.3, -0.25) is 9.59 Å². The molecule has 1 aliphatic carbocycles. The van der Waals surface area contributed by atoms with Gasteiger partial charge in [0.05, 0.1) is 5.56 Å². The third-order valence-corrected chi connectivity index (χ3v) is 5.90. The molecule has 1 saturated heterocycles. The number of benzene rings is 1. The Morgan fingerprint density at radius 1 is 1.07 bits per heavy atom. The molecule has 6 heteroatoms. The number of nitrogens with one attached hydrogen (secondary N) is 2. The number of amides is 2. The van der Waals surface area contributed by atoms with E-state index in [9.17, 15) is 9.59 Å². The van der Waals surface area contributed by atoms with E-state index in [0.717, 1.165) is 56.6 Å². The van der Waals surface area contributed by atoms with E-state index in [1.165, 1.54) is 12.8 Å². The lowest BCUT2D eigenvalue weighted by Crippen LogP contribution is -2.46. The molecule has 2 aliphatic rings. The Hall–Kier alpha value is -2.08. The van der Waals surface area contributed by atoms with Gasteiger partial charge in [-0.1, -0.05) is 25.0 Å². The fourth-order valence-electron chi connectivity index (χ4n) is 4.20. The fraction of sp³-hybridized carbons (Fsp3) is 0.636. The summed E-state index contributed by atoms with van der Waals surface area (Å²) in [5, 5.41) is 6.27. The second-order valence-electron chi connectivity index (χ2n) is 8.33. The second kappa shape index (κ2) is 9.92. The van der Waals surface area contributed by atoms with Crippen molar-refractivity contribution in [3.63, 3.8) is 0 Å². The molecule has 28 heavy (non-hydrogen) atoms. The maximum atomic E-state index is 12.6. The number of carbonyl (C=O) groups is 2. The van der Waals surface area contributed by atoms with Gasteiger partial charge in [0.2, 0.25) is 5.91 Å². The highest BCUT2D eigenvalue weighted by Crippen LogP contribution is 2.27. The molecule has 0 aromatic heterocycles. The zero-order valence-corrected chi connectivity index (χ0v) is 17.2. The summed E-state index contributed by atoms with van der Waals surface area (Å²) in [5.41, 5.74) is 1.72. The van der Waals surface area contributed by atoms with Crippen LogP contribution in [0.2, 0.25) is 0 Å². The van der Waals surface area contributed by atoms with Crippen LogP contribution < -0.4 is 15.5 Å². The molecule has 0 bridgehead atoms. The number of nitrogens with zero attached hydrogens (tertiary/aromatic N) is 2. The van der Waals surface area contributed by atoms with E-state index in [1.807, 2.05) is 38.4 Å². The monoisotopic (exact) mass is 386 g/mol. The molecule has 0 radical (unpaired) electrons. The van der Waals surface area contributed by atoms with Gasteiger partial charge in [-0.2, -0.15) is 0 Å². The van der Waals surface area contributed by atoms with Crippen molar-refractivity contribution in [3.05, 3.63) is 29.8 Å². The molecule has 6 nitrogen and oxygen atoms in total. The summed E-state index contributed by atoms with van der Waals surface area (Å²) in [6.45, 7) is 3.17.